The van der Waals surface area contributed by atoms with Crippen molar-refractivity contribution in [1.29, 1.82) is 0 Å². The zero-order valence-corrected chi connectivity index (χ0v) is 12.6. The molecule has 2 rings (SSSR count). The summed E-state index contributed by atoms with van der Waals surface area (Å²) in [5.41, 5.74) is 0. The van der Waals surface area contributed by atoms with Crippen LogP contribution in [0.3, 0.4) is 0 Å². The fourth-order valence-corrected chi connectivity index (χ4v) is 2.98. The van der Waals surface area contributed by atoms with Gasteiger partial charge in [-0.3, -0.25) is 0 Å². The molecule has 18 heavy (non-hydrogen) atoms. The van der Waals surface area contributed by atoms with Gasteiger partial charge in [0.1, 0.15) is 0 Å². The second kappa shape index (κ2) is 6.29. The van der Waals surface area contributed by atoms with E-state index >= 15 is 0 Å². The van der Waals surface area contributed by atoms with Crippen LogP contribution < -0.4 is 4.72 Å². The van der Waals surface area contributed by atoms with Crippen molar-refractivity contribution in [3.63, 3.8) is 0 Å². The fourth-order valence-electron chi connectivity index (χ4n) is 1.55. The molecule has 1 N–H and O–H groups in total. The van der Waals surface area contributed by atoms with Crippen LogP contribution >= 0.6 is 22.6 Å². The van der Waals surface area contributed by atoms with Crippen molar-refractivity contribution in [2.75, 3.05) is 26.4 Å². The third kappa shape index (κ3) is 3.89. The van der Waals surface area contributed by atoms with Crippen LogP contribution in [0.5, 0.6) is 0 Å². The van der Waals surface area contributed by atoms with Gasteiger partial charge < -0.3 is 9.47 Å². The zero-order chi connectivity index (χ0) is 13.0. The lowest BCUT2D eigenvalue weighted by atomic mass is 10.3. The third-order valence-electron chi connectivity index (χ3n) is 2.51. The normalized spacial score (nSPS) is 20.8. The molecule has 0 radical (unpaired) electrons. The van der Waals surface area contributed by atoms with Crippen molar-refractivity contribution in [2.45, 2.75) is 11.0 Å². The minimum absolute atomic E-state index is 0.211. The van der Waals surface area contributed by atoms with Crippen LogP contribution in [0.25, 0.3) is 0 Å². The van der Waals surface area contributed by atoms with E-state index in [0.29, 0.717) is 19.8 Å². The van der Waals surface area contributed by atoms with Gasteiger partial charge in [0.15, 0.2) is 0 Å². The van der Waals surface area contributed by atoms with Gasteiger partial charge in [-0.15, -0.1) is 0 Å². The Morgan fingerprint density at radius 1 is 1.28 bits per heavy atom. The van der Waals surface area contributed by atoms with Crippen molar-refractivity contribution in [3.05, 3.63) is 27.8 Å². The van der Waals surface area contributed by atoms with Gasteiger partial charge in [-0.25, -0.2) is 13.1 Å². The molecule has 1 unspecified atom stereocenters. The number of hydrogen-bond acceptors (Lipinski definition) is 4. The fraction of sp³-hybridized carbons (Fsp3) is 0.455. The molecular formula is C11H14INO4S. The molecule has 0 spiro atoms. The Morgan fingerprint density at radius 2 is 2.00 bits per heavy atom. The summed E-state index contributed by atoms with van der Waals surface area (Å²) in [6, 6.07) is 6.69. The van der Waals surface area contributed by atoms with Crippen molar-refractivity contribution in [3.8, 4) is 0 Å². The number of halogens is 1. The maximum Gasteiger partial charge on any atom is 0.240 e. The summed E-state index contributed by atoms with van der Waals surface area (Å²) in [5, 5.41) is 0. The second-order valence-electron chi connectivity index (χ2n) is 3.87. The summed E-state index contributed by atoms with van der Waals surface area (Å²) in [6.07, 6.45) is -0.211. The summed E-state index contributed by atoms with van der Waals surface area (Å²) in [5.74, 6) is 0. The van der Waals surface area contributed by atoms with Gasteiger partial charge in [0.25, 0.3) is 0 Å². The number of rotatable bonds is 4. The third-order valence-corrected chi connectivity index (χ3v) is 4.67. The van der Waals surface area contributed by atoms with E-state index in [1.807, 2.05) is 0 Å². The van der Waals surface area contributed by atoms with E-state index in [1.54, 1.807) is 24.3 Å². The van der Waals surface area contributed by atoms with E-state index in [0.717, 1.165) is 3.57 Å². The van der Waals surface area contributed by atoms with Crippen LogP contribution in [0.2, 0.25) is 0 Å². The molecule has 0 saturated carbocycles. The van der Waals surface area contributed by atoms with Gasteiger partial charge in [-0.2, -0.15) is 0 Å². The Kier molecular flexibility index (Phi) is 4.96. The number of sulfonamides is 1. The maximum absolute atomic E-state index is 12.0. The Hall–Kier alpha value is -0.220. The largest absolute Gasteiger partial charge is 0.376 e. The molecule has 1 aliphatic heterocycles. The molecule has 0 amide bonds. The number of ether oxygens (including phenoxy) is 2. The SMILES string of the molecule is O=S(=O)(NCC1COCCO1)c1ccc(I)cc1. The number of nitrogens with one attached hydrogen (secondary N) is 1. The molecule has 1 saturated heterocycles. The van der Waals surface area contributed by atoms with Crippen LogP contribution in [-0.4, -0.2) is 40.9 Å². The molecule has 100 valence electrons. The first kappa shape index (κ1) is 14.2. The van der Waals surface area contributed by atoms with Crippen LogP contribution in [0.1, 0.15) is 0 Å². The highest BCUT2D eigenvalue weighted by molar-refractivity contribution is 14.1. The first-order valence-corrected chi connectivity index (χ1v) is 8.09. The van der Waals surface area contributed by atoms with E-state index < -0.39 is 10.0 Å². The predicted molar refractivity (Wildman–Crippen MR) is 74.9 cm³/mol. The van der Waals surface area contributed by atoms with Crippen LogP contribution in [0, 0.1) is 3.57 Å². The van der Waals surface area contributed by atoms with Gasteiger partial charge in [0, 0.05) is 10.1 Å². The quantitative estimate of drug-likeness (QED) is 0.788. The molecule has 0 aliphatic carbocycles. The lowest BCUT2D eigenvalue weighted by molar-refractivity contribution is -0.0846. The Balaban J connectivity index is 1.96. The van der Waals surface area contributed by atoms with Gasteiger partial charge in [-0.1, -0.05) is 0 Å². The number of benzene rings is 1. The van der Waals surface area contributed by atoms with E-state index in [-0.39, 0.29) is 17.5 Å². The van der Waals surface area contributed by atoms with Crippen molar-refractivity contribution in [2.24, 2.45) is 0 Å². The molecule has 1 atom stereocenters. The summed E-state index contributed by atoms with van der Waals surface area (Å²) >= 11 is 2.13. The van der Waals surface area contributed by atoms with Gasteiger partial charge >= 0.3 is 0 Å². The standard InChI is InChI=1S/C11H14INO4S/c12-9-1-3-11(4-2-9)18(14,15)13-7-10-8-16-5-6-17-10/h1-4,10,13H,5-8H2. The molecule has 1 fully saturated rings. The smallest absolute Gasteiger partial charge is 0.240 e. The van der Waals surface area contributed by atoms with Gasteiger partial charge in [0.2, 0.25) is 10.0 Å². The summed E-state index contributed by atoms with van der Waals surface area (Å²) in [4.78, 5) is 0.264. The molecule has 0 bridgehead atoms. The van der Waals surface area contributed by atoms with Crippen molar-refractivity contribution in [1.82, 2.24) is 4.72 Å². The zero-order valence-electron chi connectivity index (χ0n) is 9.63. The predicted octanol–water partition coefficient (Wildman–Crippen LogP) is 0.985. The molecule has 7 heteroatoms. The highest BCUT2D eigenvalue weighted by Gasteiger charge is 2.19. The molecule has 1 aromatic rings. The van der Waals surface area contributed by atoms with E-state index in [4.69, 9.17) is 9.47 Å². The lowest BCUT2D eigenvalue weighted by Crippen LogP contribution is -2.39. The van der Waals surface area contributed by atoms with Gasteiger partial charge in [0.05, 0.1) is 30.8 Å². The van der Waals surface area contributed by atoms with Crippen LogP contribution in [-0.2, 0) is 19.5 Å². The maximum atomic E-state index is 12.0. The average Bonchev–Trinajstić information content (AvgIpc) is 2.38. The summed E-state index contributed by atoms with van der Waals surface area (Å²) < 4.78 is 38.1. The highest BCUT2D eigenvalue weighted by Crippen LogP contribution is 2.12. The minimum atomic E-state index is -3.47. The molecule has 1 aromatic carbocycles. The monoisotopic (exact) mass is 383 g/mol. The summed E-state index contributed by atoms with van der Waals surface area (Å²) in [6.45, 7) is 1.74. The molecule has 5 nitrogen and oxygen atoms in total. The number of hydrogen-bond donors (Lipinski definition) is 1. The topological polar surface area (TPSA) is 64.6 Å². The van der Waals surface area contributed by atoms with Crippen LogP contribution in [0.15, 0.2) is 29.2 Å². The Morgan fingerprint density at radius 3 is 2.61 bits per heavy atom. The second-order valence-corrected chi connectivity index (χ2v) is 6.89. The Bertz CT molecular complexity index is 482. The van der Waals surface area contributed by atoms with Crippen molar-refractivity contribution < 1.29 is 17.9 Å². The van der Waals surface area contributed by atoms with E-state index in [1.165, 1.54) is 0 Å². The van der Waals surface area contributed by atoms with Gasteiger partial charge in [-0.05, 0) is 46.9 Å². The molecule has 0 aromatic heterocycles. The first-order valence-electron chi connectivity index (χ1n) is 5.52. The van der Waals surface area contributed by atoms with Crippen molar-refractivity contribution >= 4 is 32.6 Å². The highest BCUT2D eigenvalue weighted by atomic mass is 127. The summed E-state index contributed by atoms with van der Waals surface area (Å²) in [7, 11) is -3.47. The molecular weight excluding hydrogens is 369 g/mol. The molecule has 1 heterocycles. The first-order chi connectivity index (χ1) is 8.58. The average molecular weight is 383 g/mol. The van der Waals surface area contributed by atoms with Crippen LogP contribution in [0.4, 0.5) is 0 Å². The van der Waals surface area contributed by atoms with E-state index in [9.17, 15) is 8.42 Å². The minimum Gasteiger partial charge on any atom is -0.376 e. The molecule has 1 aliphatic rings. The lowest BCUT2D eigenvalue weighted by Gasteiger charge is -2.23. The Labute approximate surface area is 120 Å². The van der Waals surface area contributed by atoms with E-state index in [2.05, 4.69) is 27.3 Å².